The van der Waals surface area contributed by atoms with Gasteiger partial charge in [0.15, 0.2) is 5.78 Å². The second-order valence-electron chi connectivity index (χ2n) is 3.81. The summed E-state index contributed by atoms with van der Waals surface area (Å²) >= 11 is 3.32. The molecular weight excluding hydrogens is 294 g/mol. The molecule has 0 amide bonds. The van der Waals surface area contributed by atoms with Gasteiger partial charge in [0.1, 0.15) is 12.4 Å². The molecule has 0 N–H and O–H groups in total. The third-order valence-electron chi connectivity index (χ3n) is 2.43. The van der Waals surface area contributed by atoms with Crippen LogP contribution in [0.25, 0.3) is 0 Å². The normalized spacial score (nSPS) is 10.1. The summed E-state index contributed by atoms with van der Waals surface area (Å²) in [6, 6.07) is 11.0. The molecule has 0 aliphatic rings. The van der Waals surface area contributed by atoms with E-state index < -0.39 is 0 Å². The van der Waals surface area contributed by atoms with Crippen LogP contribution in [0.3, 0.4) is 0 Å². The Morgan fingerprint density at radius 2 is 2.06 bits per heavy atom. The van der Waals surface area contributed by atoms with Gasteiger partial charge < -0.3 is 4.74 Å². The summed E-state index contributed by atoms with van der Waals surface area (Å²) in [5.74, 6) is 0.587. The molecule has 18 heavy (non-hydrogen) atoms. The Kier molecular flexibility index (Phi) is 4.10. The van der Waals surface area contributed by atoms with Crippen LogP contribution in [-0.2, 0) is 6.61 Å². The van der Waals surface area contributed by atoms with Crippen molar-refractivity contribution >= 4 is 21.7 Å². The molecule has 2 aromatic rings. The van der Waals surface area contributed by atoms with Crippen molar-refractivity contribution in [3.63, 3.8) is 0 Å². The number of carbonyl (C=O) groups excluding carboxylic acids is 1. The number of para-hydroxylation sites is 1. The van der Waals surface area contributed by atoms with E-state index >= 15 is 0 Å². The topological polar surface area (TPSA) is 39.2 Å². The Balaban J connectivity index is 2.10. The molecule has 92 valence electrons. The van der Waals surface area contributed by atoms with Crippen molar-refractivity contribution in [3.05, 3.63) is 58.3 Å². The number of ether oxygens (including phenoxy) is 1. The molecule has 4 heteroatoms. The van der Waals surface area contributed by atoms with E-state index in [0.29, 0.717) is 17.9 Å². The highest BCUT2D eigenvalue weighted by molar-refractivity contribution is 9.10. The van der Waals surface area contributed by atoms with Gasteiger partial charge in [-0.2, -0.15) is 0 Å². The van der Waals surface area contributed by atoms with Gasteiger partial charge in [-0.3, -0.25) is 9.78 Å². The van der Waals surface area contributed by atoms with Crippen LogP contribution < -0.4 is 4.74 Å². The molecule has 0 spiro atoms. The van der Waals surface area contributed by atoms with Gasteiger partial charge in [-0.15, -0.1) is 0 Å². The molecule has 1 heterocycles. The van der Waals surface area contributed by atoms with Crippen molar-refractivity contribution in [2.24, 2.45) is 0 Å². The fourth-order valence-electron chi connectivity index (χ4n) is 1.53. The Morgan fingerprint density at radius 3 is 2.72 bits per heavy atom. The first-order valence-corrected chi connectivity index (χ1v) is 6.29. The van der Waals surface area contributed by atoms with Crippen LogP contribution in [0.5, 0.6) is 5.75 Å². The van der Waals surface area contributed by atoms with E-state index in [4.69, 9.17) is 4.74 Å². The summed E-state index contributed by atoms with van der Waals surface area (Å²) in [6.07, 6.45) is 1.72. The molecule has 0 radical (unpaired) electrons. The predicted molar refractivity (Wildman–Crippen MR) is 72.7 cm³/mol. The van der Waals surface area contributed by atoms with Gasteiger partial charge >= 0.3 is 0 Å². The van der Waals surface area contributed by atoms with Gasteiger partial charge in [-0.25, -0.2) is 0 Å². The van der Waals surface area contributed by atoms with Gasteiger partial charge in [0.2, 0.25) is 0 Å². The van der Waals surface area contributed by atoms with Crippen molar-refractivity contribution in [1.29, 1.82) is 0 Å². The number of hydrogen-bond acceptors (Lipinski definition) is 3. The first-order chi connectivity index (χ1) is 8.66. The molecule has 3 nitrogen and oxygen atoms in total. The van der Waals surface area contributed by atoms with E-state index in [0.717, 1.165) is 10.2 Å². The van der Waals surface area contributed by atoms with Crippen molar-refractivity contribution in [1.82, 2.24) is 4.98 Å². The number of benzene rings is 1. The maximum atomic E-state index is 11.4. The fourth-order valence-corrected chi connectivity index (χ4v) is 1.76. The minimum Gasteiger partial charge on any atom is -0.487 e. The largest absolute Gasteiger partial charge is 0.487 e. The molecule has 0 fully saturated rings. The Bertz CT molecular complexity index is 552. The highest BCUT2D eigenvalue weighted by Crippen LogP contribution is 2.19. The lowest BCUT2D eigenvalue weighted by Gasteiger charge is -2.09. The first kappa shape index (κ1) is 12.8. The number of Topliss-reactive ketones (excluding diaryl/α,β-unsaturated/α-hetero) is 1. The summed E-state index contributed by atoms with van der Waals surface area (Å²) in [7, 11) is 0. The standard InChI is InChI=1S/C14H12BrNO2/c1-10(17)13-4-2-3-5-14(13)18-9-12-7-6-11(15)8-16-12/h2-8H,9H2,1H3. The number of halogens is 1. The lowest BCUT2D eigenvalue weighted by Crippen LogP contribution is -2.02. The molecule has 0 aliphatic heterocycles. The zero-order chi connectivity index (χ0) is 13.0. The number of rotatable bonds is 4. The van der Waals surface area contributed by atoms with Gasteiger partial charge in [0, 0.05) is 10.7 Å². The minimum atomic E-state index is -0.00522. The van der Waals surface area contributed by atoms with E-state index in [1.165, 1.54) is 6.92 Å². The summed E-state index contributed by atoms with van der Waals surface area (Å²) in [6.45, 7) is 1.87. The second kappa shape index (κ2) is 5.78. The Labute approximate surface area is 114 Å². The van der Waals surface area contributed by atoms with E-state index in [1.54, 1.807) is 18.3 Å². The molecule has 0 atom stereocenters. The third kappa shape index (κ3) is 3.17. The van der Waals surface area contributed by atoms with E-state index in [-0.39, 0.29) is 5.78 Å². The first-order valence-electron chi connectivity index (χ1n) is 5.50. The van der Waals surface area contributed by atoms with Crippen molar-refractivity contribution in [3.8, 4) is 5.75 Å². The predicted octanol–water partition coefficient (Wildman–Crippen LogP) is 3.63. The Morgan fingerprint density at radius 1 is 1.28 bits per heavy atom. The van der Waals surface area contributed by atoms with Gasteiger partial charge in [0.05, 0.1) is 11.3 Å². The number of aromatic nitrogens is 1. The monoisotopic (exact) mass is 305 g/mol. The minimum absolute atomic E-state index is 0.00522. The number of hydrogen-bond donors (Lipinski definition) is 0. The number of nitrogens with zero attached hydrogens (tertiary/aromatic N) is 1. The number of carbonyl (C=O) groups is 1. The van der Waals surface area contributed by atoms with E-state index in [9.17, 15) is 4.79 Å². The summed E-state index contributed by atoms with van der Waals surface area (Å²) in [5, 5.41) is 0. The average molecular weight is 306 g/mol. The second-order valence-corrected chi connectivity index (χ2v) is 4.72. The van der Waals surface area contributed by atoms with Crippen LogP contribution in [0.15, 0.2) is 47.1 Å². The molecule has 2 rings (SSSR count). The lowest BCUT2D eigenvalue weighted by atomic mass is 10.1. The number of pyridine rings is 1. The zero-order valence-electron chi connectivity index (χ0n) is 9.89. The molecule has 0 saturated heterocycles. The van der Waals surface area contributed by atoms with Gasteiger partial charge in [-0.1, -0.05) is 12.1 Å². The highest BCUT2D eigenvalue weighted by Gasteiger charge is 2.07. The van der Waals surface area contributed by atoms with Gasteiger partial charge in [0.25, 0.3) is 0 Å². The quantitative estimate of drug-likeness (QED) is 0.810. The van der Waals surface area contributed by atoms with Crippen LogP contribution in [0.4, 0.5) is 0 Å². The molecule has 0 saturated carbocycles. The third-order valence-corrected chi connectivity index (χ3v) is 2.90. The molecule has 1 aromatic carbocycles. The summed E-state index contributed by atoms with van der Waals surface area (Å²) < 4.78 is 6.55. The van der Waals surface area contributed by atoms with Crippen LogP contribution in [0, 0.1) is 0 Å². The lowest BCUT2D eigenvalue weighted by molar-refractivity contribution is 0.101. The van der Waals surface area contributed by atoms with Crippen molar-refractivity contribution < 1.29 is 9.53 Å². The summed E-state index contributed by atoms with van der Waals surface area (Å²) in [4.78, 5) is 15.6. The smallest absolute Gasteiger partial charge is 0.163 e. The van der Waals surface area contributed by atoms with E-state index in [2.05, 4.69) is 20.9 Å². The SMILES string of the molecule is CC(=O)c1ccccc1OCc1ccc(Br)cn1. The van der Waals surface area contributed by atoms with Crippen LogP contribution in [0.2, 0.25) is 0 Å². The van der Waals surface area contributed by atoms with Crippen molar-refractivity contribution in [2.75, 3.05) is 0 Å². The van der Waals surface area contributed by atoms with E-state index in [1.807, 2.05) is 24.3 Å². The van der Waals surface area contributed by atoms with Gasteiger partial charge in [-0.05, 0) is 47.1 Å². The molecule has 1 aromatic heterocycles. The fraction of sp³-hybridized carbons (Fsp3) is 0.143. The maximum absolute atomic E-state index is 11.4. The maximum Gasteiger partial charge on any atom is 0.163 e. The molecule has 0 aliphatic carbocycles. The summed E-state index contributed by atoms with van der Waals surface area (Å²) in [5.41, 5.74) is 1.41. The molecular formula is C14H12BrNO2. The van der Waals surface area contributed by atoms with Crippen LogP contribution in [-0.4, -0.2) is 10.8 Å². The molecule has 0 unspecified atom stereocenters. The van der Waals surface area contributed by atoms with Crippen LogP contribution >= 0.6 is 15.9 Å². The van der Waals surface area contributed by atoms with Crippen LogP contribution in [0.1, 0.15) is 23.0 Å². The van der Waals surface area contributed by atoms with Crippen molar-refractivity contribution in [2.45, 2.75) is 13.5 Å². The zero-order valence-corrected chi connectivity index (χ0v) is 11.5. The molecule has 0 bridgehead atoms. The average Bonchev–Trinajstić information content (AvgIpc) is 2.38. The number of ketones is 1. The Hall–Kier alpha value is -1.68. The highest BCUT2D eigenvalue weighted by atomic mass is 79.9.